The molecule has 0 aliphatic carbocycles. The number of hydrogen-bond donors (Lipinski definition) is 1. The number of nitrogens with zero attached hydrogens (tertiary/aromatic N) is 3. The molecule has 3 aromatic heterocycles. The summed E-state index contributed by atoms with van der Waals surface area (Å²) in [6.45, 7) is 0. The minimum absolute atomic E-state index is 0.0365. The van der Waals surface area contributed by atoms with Crippen LogP contribution in [0.25, 0.3) is 5.65 Å². The molecule has 1 unspecified atom stereocenters. The van der Waals surface area contributed by atoms with Crippen molar-refractivity contribution in [3.63, 3.8) is 0 Å². The van der Waals surface area contributed by atoms with Crippen LogP contribution in [-0.4, -0.2) is 14.4 Å². The predicted octanol–water partition coefficient (Wildman–Crippen LogP) is 5.97. The first kappa shape index (κ1) is 20.7. The lowest BCUT2D eigenvalue weighted by molar-refractivity contribution is -0.138. The van der Waals surface area contributed by atoms with Crippen molar-refractivity contribution in [2.45, 2.75) is 18.4 Å². The maximum Gasteiger partial charge on any atom is 0.416 e. The normalized spacial score (nSPS) is 13.4. The fraction of sp³-hybridized carbons (Fsp3) is 0.143. The quantitative estimate of drug-likeness (QED) is 0.401. The molecule has 3 heterocycles. The van der Waals surface area contributed by atoms with Crippen LogP contribution in [-0.2, 0) is 12.4 Å². The van der Waals surface area contributed by atoms with E-state index in [0.29, 0.717) is 11.3 Å². The highest BCUT2D eigenvalue weighted by molar-refractivity contribution is 5.50. The smallest absolute Gasteiger partial charge is 0.358 e. The average Bonchev–Trinajstić information content (AvgIpc) is 3.15. The van der Waals surface area contributed by atoms with Gasteiger partial charge in [0, 0.05) is 12.4 Å². The van der Waals surface area contributed by atoms with Crippen LogP contribution in [0, 0.1) is 0 Å². The summed E-state index contributed by atoms with van der Waals surface area (Å²) in [6.07, 6.45) is -5.41. The van der Waals surface area contributed by atoms with E-state index in [1.807, 2.05) is 0 Å². The van der Waals surface area contributed by atoms with Crippen molar-refractivity contribution in [1.82, 2.24) is 14.4 Å². The van der Waals surface area contributed by atoms with Gasteiger partial charge in [-0.25, -0.2) is 9.97 Å². The van der Waals surface area contributed by atoms with Crippen molar-refractivity contribution in [2.24, 2.45) is 0 Å². The first-order chi connectivity index (χ1) is 14.6. The van der Waals surface area contributed by atoms with Crippen LogP contribution in [0.4, 0.5) is 32.2 Å². The van der Waals surface area contributed by atoms with Crippen molar-refractivity contribution in [3.8, 4) is 0 Å². The molecule has 0 aliphatic heterocycles. The highest BCUT2D eigenvalue weighted by atomic mass is 19.4. The highest BCUT2D eigenvalue weighted by Crippen LogP contribution is 2.33. The Kier molecular flexibility index (Phi) is 5.08. The van der Waals surface area contributed by atoms with Crippen molar-refractivity contribution < 1.29 is 26.3 Å². The Morgan fingerprint density at radius 3 is 2.16 bits per heavy atom. The number of rotatable bonds is 4. The van der Waals surface area contributed by atoms with Crippen LogP contribution in [0.15, 0.2) is 73.2 Å². The summed E-state index contributed by atoms with van der Waals surface area (Å²) in [5.74, 6) is -0.0365. The van der Waals surface area contributed by atoms with Gasteiger partial charge in [-0.05, 0) is 29.8 Å². The molecule has 0 saturated heterocycles. The van der Waals surface area contributed by atoms with Gasteiger partial charge >= 0.3 is 12.4 Å². The van der Waals surface area contributed by atoms with Gasteiger partial charge < -0.3 is 9.72 Å². The molecule has 0 spiro atoms. The Hall–Kier alpha value is -3.56. The number of pyridine rings is 2. The summed E-state index contributed by atoms with van der Waals surface area (Å²) in [5.41, 5.74) is -0.548. The number of anilines is 1. The Labute approximate surface area is 172 Å². The third kappa shape index (κ3) is 4.32. The first-order valence-electron chi connectivity index (χ1n) is 9.02. The van der Waals surface area contributed by atoms with Crippen LogP contribution >= 0.6 is 0 Å². The molecule has 0 fully saturated rings. The van der Waals surface area contributed by atoms with Crippen molar-refractivity contribution in [2.75, 3.05) is 5.32 Å². The number of alkyl halides is 6. The molecule has 160 valence electrons. The second kappa shape index (κ2) is 7.60. The topological polar surface area (TPSA) is 42.2 Å². The number of aromatic nitrogens is 3. The lowest BCUT2D eigenvalue weighted by atomic mass is 10.0. The molecule has 4 aromatic rings. The maximum atomic E-state index is 13.1. The molecule has 0 saturated carbocycles. The summed E-state index contributed by atoms with van der Waals surface area (Å²) in [4.78, 5) is 8.03. The molecule has 31 heavy (non-hydrogen) atoms. The van der Waals surface area contributed by atoms with Gasteiger partial charge in [-0.15, -0.1) is 0 Å². The number of fused-ring (bicyclic) bond motifs is 1. The monoisotopic (exact) mass is 436 g/mol. The van der Waals surface area contributed by atoms with Gasteiger partial charge in [0.05, 0.1) is 29.1 Å². The Morgan fingerprint density at radius 1 is 0.806 bits per heavy atom. The van der Waals surface area contributed by atoms with Gasteiger partial charge in [-0.3, -0.25) is 0 Å². The third-order valence-electron chi connectivity index (χ3n) is 4.68. The molecule has 4 nitrogen and oxygen atoms in total. The molecule has 0 radical (unpaired) electrons. The SMILES string of the molecule is FC(F)(F)c1ccnc(NC(c2ccccc2)c2cnc3cc(C(F)(F)F)ccn23)c1. The zero-order valence-electron chi connectivity index (χ0n) is 15.6. The largest absolute Gasteiger partial charge is 0.416 e. The standard InChI is InChI=1S/C21H14F6N4/c22-20(23,24)14-6-8-28-17(10-14)30-19(13-4-2-1-3-5-13)16-12-29-18-11-15(21(25,26)27)7-9-31(16)18/h1-12,19H,(H,28,30). The Balaban J connectivity index is 1.79. The highest BCUT2D eigenvalue weighted by Gasteiger charge is 2.32. The fourth-order valence-corrected chi connectivity index (χ4v) is 3.20. The van der Waals surface area contributed by atoms with Crippen LogP contribution in [0.5, 0.6) is 0 Å². The molecular formula is C21H14F6N4. The number of imidazole rings is 1. The average molecular weight is 436 g/mol. The Bertz CT molecular complexity index is 1200. The second-order valence-electron chi connectivity index (χ2n) is 6.74. The van der Waals surface area contributed by atoms with Crippen LogP contribution < -0.4 is 5.32 Å². The summed E-state index contributed by atoms with van der Waals surface area (Å²) >= 11 is 0. The van der Waals surface area contributed by atoms with E-state index in [-0.39, 0.29) is 11.5 Å². The molecular weight excluding hydrogens is 422 g/mol. The van der Waals surface area contributed by atoms with E-state index in [9.17, 15) is 26.3 Å². The van der Waals surface area contributed by atoms with Crippen LogP contribution in [0.2, 0.25) is 0 Å². The van der Waals surface area contributed by atoms with Crippen molar-refractivity contribution in [3.05, 3.63) is 95.6 Å². The third-order valence-corrected chi connectivity index (χ3v) is 4.68. The van der Waals surface area contributed by atoms with Gasteiger partial charge in [0.25, 0.3) is 0 Å². The van der Waals surface area contributed by atoms with Crippen molar-refractivity contribution >= 4 is 11.5 Å². The zero-order valence-corrected chi connectivity index (χ0v) is 15.6. The first-order valence-corrected chi connectivity index (χ1v) is 9.02. The van der Waals surface area contributed by atoms with Gasteiger partial charge in [0.15, 0.2) is 0 Å². The second-order valence-corrected chi connectivity index (χ2v) is 6.74. The summed E-state index contributed by atoms with van der Waals surface area (Å²) < 4.78 is 79.8. The van der Waals surface area contributed by atoms with Crippen LogP contribution in [0.1, 0.15) is 28.4 Å². The molecule has 4 rings (SSSR count). The van der Waals surface area contributed by atoms with Gasteiger partial charge in [0.2, 0.25) is 0 Å². The van der Waals surface area contributed by atoms with Gasteiger partial charge in [-0.1, -0.05) is 30.3 Å². The molecule has 1 atom stereocenters. The van der Waals surface area contributed by atoms with Crippen LogP contribution in [0.3, 0.4) is 0 Å². The van der Waals surface area contributed by atoms with Gasteiger partial charge in [0.1, 0.15) is 11.5 Å². The van der Waals surface area contributed by atoms with Gasteiger partial charge in [-0.2, -0.15) is 26.3 Å². The minimum Gasteiger partial charge on any atom is -0.358 e. The predicted molar refractivity (Wildman–Crippen MR) is 101 cm³/mol. The molecule has 0 bridgehead atoms. The number of hydrogen-bond acceptors (Lipinski definition) is 3. The fourth-order valence-electron chi connectivity index (χ4n) is 3.20. The Morgan fingerprint density at radius 2 is 1.48 bits per heavy atom. The molecule has 0 aliphatic rings. The van der Waals surface area contributed by atoms with E-state index in [1.54, 1.807) is 30.3 Å². The van der Waals surface area contributed by atoms with E-state index < -0.39 is 29.5 Å². The number of nitrogens with one attached hydrogen (secondary N) is 1. The maximum absolute atomic E-state index is 13.1. The van der Waals surface area contributed by atoms with E-state index in [4.69, 9.17) is 0 Å². The lowest BCUT2D eigenvalue weighted by Crippen LogP contribution is -2.16. The van der Waals surface area contributed by atoms with E-state index in [0.717, 1.165) is 30.5 Å². The van der Waals surface area contributed by atoms with Crippen molar-refractivity contribution in [1.29, 1.82) is 0 Å². The summed E-state index contributed by atoms with van der Waals surface area (Å²) in [6, 6.07) is 11.6. The van der Waals surface area contributed by atoms with E-state index in [2.05, 4.69) is 15.3 Å². The molecule has 10 heteroatoms. The lowest BCUT2D eigenvalue weighted by Gasteiger charge is -2.20. The number of benzene rings is 1. The molecule has 0 amide bonds. The summed E-state index contributed by atoms with van der Waals surface area (Å²) in [5, 5.41) is 2.95. The van der Waals surface area contributed by atoms with E-state index in [1.165, 1.54) is 16.8 Å². The molecule has 1 N–H and O–H groups in total. The summed E-state index contributed by atoms with van der Waals surface area (Å²) in [7, 11) is 0. The number of halogens is 6. The zero-order chi connectivity index (χ0) is 22.2. The minimum atomic E-state index is -4.54. The van der Waals surface area contributed by atoms with E-state index >= 15 is 0 Å². The molecule has 1 aromatic carbocycles.